The van der Waals surface area contributed by atoms with Gasteiger partial charge in [0, 0.05) is 23.7 Å². The number of fused-ring (bicyclic) bond motifs is 1. The Bertz CT molecular complexity index is 1350. The van der Waals surface area contributed by atoms with Crippen LogP contribution in [0.5, 0.6) is 5.88 Å². The number of para-hydroxylation sites is 1. The number of ether oxygens (including phenoxy) is 1. The lowest BCUT2D eigenvalue weighted by Crippen LogP contribution is -2.38. The number of nitrogens with one attached hydrogen (secondary N) is 4. The molecule has 0 radical (unpaired) electrons. The minimum atomic E-state index is -0.542. The molecule has 11 nitrogen and oxygen atoms in total. The standard InChI is InChI=1S/C27H27N7O4/c1-2-6-20(26(36)29-18-7-4-3-5-8-18)27(37)30-19-11-13-23(28-15-19)38-24-14-12-22-31-21(16-34(22)33-24)32-25(35)17-9-10-17/h3-8,11-17,22,31H,2,9-10H2,1H3,(H,29,36)(H,30,37)(H,32,35)/b20-6+. The first-order valence-electron chi connectivity index (χ1n) is 12.3. The van der Waals surface area contributed by atoms with E-state index in [2.05, 4.69) is 31.4 Å². The summed E-state index contributed by atoms with van der Waals surface area (Å²) in [6.07, 6.45) is 10.4. The van der Waals surface area contributed by atoms with Gasteiger partial charge in [-0.25, -0.2) is 9.99 Å². The Morgan fingerprint density at radius 3 is 2.50 bits per heavy atom. The summed E-state index contributed by atoms with van der Waals surface area (Å²) in [7, 11) is 0. The van der Waals surface area contributed by atoms with Gasteiger partial charge >= 0.3 is 0 Å². The van der Waals surface area contributed by atoms with Crippen molar-refractivity contribution in [1.82, 2.24) is 20.6 Å². The van der Waals surface area contributed by atoms with Gasteiger partial charge in [0.1, 0.15) is 17.6 Å². The van der Waals surface area contributed by atoms with E-state index in [0.717, 1.165) is 12.8 Å². The summed E-state index contributed by atoms with van der Waals surface area (Å²) in [5, 5.41) is 17.5. The summed E-state index contributed by atoms with van der Waals surface area (Å²) >= 11 is 0. The maximum atomic E-state index is 12.8. The van der Waals surface area contributed by atoms with E-state index in [0.29, 0.717) is 29.5 Å². The van der Waals surface area contributed by atoms with E-state index in [-0.39, 0.29) is 29.4 Å². The van der Waals surface area contributed by atoms with Crippen LogP contribution in [0.25, 0.3) is 0 Å². The molecule has 2 aromatic rings. The van der Waals surface area contributed by atoms with Crippen molar-refractivity contribution in [3.63, 3.8) is 0 Å². The topological polar surface area (TPSA) is 137 Å². The highest BCUT2D eigenvalue weighted by molar-refractivity contribution is 6.26. The van der Waals surface area contributed by atoms with Crippen molar-refractivity contribution in [3.05, 3.63) is 84.5 Å². The minimum absolute atomic E-state index is 0.00731. The second-order valence-corrected chi connectivity index (χ2v) is 8.86. The van der Waals surface area contributed by atoms with Crippen LogP contribution in [0.3, 0.4) is 0 Å². The van der Waals surface area contributed by atoms with E-state index in [4.69, 9.17) is 4.74 Å². The number of amides is 3. The van der Waals surface area contributed by atoms with E-state index in [1.165, 1.54) is 6.20 Å². The van der Waals surface area contributed by atoms with Gasteiger partial charge in [0.15, 0.2) is 0 Å². The third-order valence-corrected chi connectivity index (χ3v) is 5.82. The molecule has 0 saturated heterocycles. The smallest absolute Gasteiger partial charge is 0.260 e. The maximum absolute atomic E-state index is 12.8. The second-order valence-electron chi connectivity index (χ2n) is 8.86. The third kappa shape index (κ3) is 6.06. The predicted octanol–water partition coefficient (Wildman–Crippen LogP) is 2.81. The molecule has 4 N–H and O–H groups in total. The molecule has 1 fully saturated rings. The van der Waals surface area contributed by atoms with Crippen LogP contribution in [-0.4, -0.2) is 39.8 Å². The second kappa shape index (κ2) is 11.0. The molecule has 11 heteroatoms. The third-order valence-electron chi connectivity index (χ3n) is 5.82. The summed E-state index contributed by atoms with van der Waals surface area (Å²) < 4.78 is 5.76. The molecular formula is C27H27N7O4. The Balaban J connectivity index is 1.17. The van der Waals surface area contributed by atoms with E-state index in [9.17, 15) is 14.4 Å². The molecule has 1 aromatic carbocycles. The Kier molecular flexibility index (Phi) is 7.16. The molecule has 3 heterocycles. The molecule has 1 saturated carbocycles. The van der Waals surface area contributed by atoms with Crippen molar-refractivity contribution in [2.45, 2.75) is 32.4 Å². The largest absolute Gasteiger partial charge is 0.419 e. The summed E-state index contributed by atoms with van der Waals surface area (Å²) in [5.41, 5.74) is 1.01. The molecule has 5 rings (SSSR count). The van der Waals surface area contributed by atoms with E-state index >= 15 is 0 Å². The van der Waals surface area contributed by atoms with Crippen LogP contribution < -0.4 is 26.0 Å². The quantitative estimate of drug-likeness (QED) is 0.242. The fourth-order valence-electron chi connectivity index (χ4n) is 3.76. The number of carbonyl (C=O) groups is 3. The van der Waals surface area contributed by atoms with Gasteiger partial charge in [0.25, 0.3) is 11.8 Å². The minimum Gasteiger partial charge on any atom is -0.419 e. The molecule has 1 aliphatic carbocycles. The van der Waals surface area contributed by atoms with Crippen molar-refractivity contribution in [1.29, 1.82) is 0 Å². The van der Waals surface area contributed by atoms with Crippen molar-refractivity contribution in [2.24, 2.45) is 11.0 Å². The molecule has 3 amide bonds. The van der Waals surface area contributed by atoms with E-state index in [1.807, 2.05) is 19.1 Å². The number of hydrogen-bond acceptors (Lipinski definition) is 8. The molecule has 194 valence electrons. The van der Waals surface area contributed by atoms with Gasteiger partial charge in [-0.1, -0.05) is 31.2 Å². The van der Waals surface area contributed by atoms with Crippen LogP contribution >= 0.6 is 0 Å². The first-order valence-corrected chi connectivity index (χ1v) is 12.3. The zero-order chi connectivity index (χ0) is 26.5. The highest BCUT2D eigenvalue weighted by Gasteiger charge is 2.32. The van der Waals surface area contributed by atoms with Gasteiger partial charge in [-0.3, -0.25) is 14.4 Å². The SMILES string of the molecule is CC/C=C(\C(=O)Nc1ccccc1)C(=O)Nc1ccc(OC2=NN3C=C(NC(=O)C4CC4)NC3C=C2)nc1. The summed E-state index contributed by atoms with van der Waals surface area (Å²) in [6, 6.07) is 12.1. The molecular weight excluding hydrogens is 486 g/mol. The molecule has 1 aromatic heterocycles. The number of hydrazone groups is 1. The number of nitrogens with zero attached hydrogens (tertiary/aromatic N) is 3. The van der Waals surface area contributed by atoms with Gasteiger partial charge in [-0.05, 0) is 43.5 Å². The number of carbonyl (C=O) groups excluding carboxylic acids is 3. The zero-order valence-electron chi connectivity index (χ0n) is 20.7. The Morgan fingerprint density at radius 2 is 1.82 bits per heavy atom. The van der Waals surface area contributed by atoms with Crippen LogP contribution in [0, 0.1) is 5.92 Å². The van der Waals surface area contributed by atoms with Crippen LogP contribution in [0.1, 0.15) is 26.2 Å². The summed E-state index contributed by atoms with van der Waals surface area (Å²) in [4.78, 5) is 41.7. The lowest BCUT2D eigenvalue weighted by atomic mass is 10.1. The first-order chi connectivity index (χ1) is 18.5. The fourth-order valence-corrected chi connectivity index (χ4v) is 3.76. The van der Waals surface area contributed by atoms with Crippen molar-refractivity contribution in [3.8, 4) is 5.88 Å². The van der Waals surface area contributed by atoms with Gasteiger partial charge in [0.05, 0.1) is 18.1 Å². The molecule has 3 aliphatic rings. The van der Waals surface area contributed by atoms with Crippen molar-refractivity contribution < 1.29 is 19.1 Å². The molecule has 0 bridgehead atoms. The molecule has 0 spiro atoms. The van der Waals surface area contributed by atoms with E-state index < -0.39 is 11.8 Å². The van der Waals surface area contributed by atoms with E-state index in [1.54, 1.807) is 59.8 Å². The fraction of sp³-hybridized carbons (Fsp3) is 0.222. The zero-order valence-corrected chi connectivity index (χ0v) is 20.7. The van der Waals surface area contributed by atoms with Crippen LogP contribution in [0.15, 0.2) is 89.6 Å². The summed E-state index contributed by atoms with van der Waals surface area (Å²) in [6.45, 7) is 1.85. The Morgan fingerprint density at radius 1 is 1.05 bits per heavy atom. The molecule has 1 atom stereocenters. The average molecular weight is 514 g/mol. The lowest BCUT2D eigenvalue weighted by molar-refractivity contribution is -0.122. The number of aromatic nitrogens is 1. The van der Waals surface area contributed by atoms with Crippen molar-refractivity contribution >= 4 is 35.0 Å². The monoisotopic (exact) mass is 513 g/mol. The average Bonchev–Trinajstić information content (AvgIpc) is 3.69. The van der Waals surface area contributed by atoms with Crippen LogP contribution in [0.4, 0.5) is 11.4 Å². The van der Waals surface area contributed by atoms with Gasteiger partial charge < -0.3 is 26.0 Å². The van der Waals surface area contributed by atoms with Gasteiger partial charge in [-0.2, -0.15) is 0 Å². The normalized spacial score (nSPS) is 18.0. The Labute approximate surface area is 219 Å². The number of rotatable bonds is 8. The van der Waals surface area contributed by atoms with Crippen molar-refractivity contribution in [2.75, 3.05) is 10.6 Å². The van der Waals surface area contributed by atoms with Gasteiger partial charge in [-0.15, -0.1) is 5.10 Å². The highest BCUT2D eigenvalue weighted by atomic mass is 16.5. The number of allylic oxidation sites excluding steroid dienone is 1. The maximum Gasteiger partial charge on any atom is 0.260 e. The molecule has 2 aliphatic heterocycles. The van der Waals surface area contributed by atoms with Gasteiger partial charge in [0.2, 0.25) is 17.7 Å². The first kappa shape index (κ1) is 24.8. The molecule has 1 unspecified atom stereocenters. The predicted molar refractivity (Wildman–Crippen MR) is 141 cm³/mol. The number of anilines is 2. The number of benzene rings is 1. The highest BCUT2D eigenvalue weighted by Crippen LogP contribution is 2.29. The number of hydrogen-bond donors (Lipinski definition) is 4. The van der Waals surface area contributed by atoms with Crippen LogP contribution in [-0.2, 0) is 14.4 Å². The summed E-state index contributed by atoms with van der Waals surface area (Å²) in [5.74, 6) is 0.252. The molecule has 38 heavy (non-hydrogen) atoms. The lowest BCUT2D eigenvalue weighted by Gasteiger charge is -2.21. The number of pyridine rings is 1. The van der Waals surface area contributed by atoms with Crippen LogP contribution in [0.2, 0.25) is 0 Å². The Hall–Kier alpha value is -4.93.